The van der Waals surface area contributed by atoms with E-state index in [0.717, 1.165) is 8.95 Å². The standard InChI is InChI=1S/C9H9Br2NO3/c10-5-2-1-4(3-6(5)11)8(13)7(12)9(14)15/h1-3,7-8,13H,12H2,(H,14,15). The molecule has 0 aliphatic rings. The van der Waals surface area contributed by atoms with Crippen LogP contribution in [0.4, 0.5) is 0 Å². The molecule has 1 aromatic rings. The number of carboxylic acid groups (broad SMARTS) is 1. The van der Waals surface area contributed by atoms with Gasteiger partial charge >= 0.3 is 5.97 Å². The number of carbonyl (C=O) groups is 1. The SMILES string of the molecule is NC(C(=O)O)C(O)c1ccc(Br)c(Br)c1. The van der Waals surface area contributed by atoms with Crippen molar-refractivity contribution < 1.29 is 15.0 Å². The van der Waals surface area contributed by atoms with E-state index in [2.05, 4.69) is 31.9 Å². The fourth-order valence-electron chi connectivity index (χ4n) is 1.04. The molecule has 1 rings (SSSR count). The molecule has 0 aliphatic heterocycles. The first kappa shape index (κ1) is 12.6. The smallest absolute Gasteiger partial charge is 0.323 e. The molecular weight excluding hydrogens is 330 g/mol. The number of nitrogens with two attached hydrogens (primary N) is 1. The number of rotatable bonds is 3. The maximum Gasteiger partial charge on any atom is 0.323 e. The van der Waals surface area contributed by atoms with Crippen LogP contribution in [0.5, 0.6) is 0 Å². The molecule has 2 atom stereocenters. The molecule has 4 nitrogen and oxygen atoms in total. The van der Waals surface area contributed by atoms with Gasteiger partial charge < -0.3 is 15.9 Å². The Morgan fingerprint density at radius 2 is 1.93 bits per heavy atom. The van der Waals surface area contributed by atoms with Gasteiger partial charge in [-0.3, -0.25) is 4.79 Å². The highest BCUT2D eigenvalue weighted by atomic mass is 79.9. The molecule has 0 spiro atoms. The molecule has 4 N–H and O–H groups in total. The molecule has 82 valence electrons. The minimum Gasteiger partial charge on any atom is -0.480 e. The van der Waals surface area contributed by atoms with Crippen molar-refractivity contribution >= 4 is 37.8 Å². The third-order valence-corrected chi connectivity index (χ3v) is 3.79. The van der Waals surface area contributed by atoms with Crippen molar-refractivity contribution in [2.24, 2.45) is 5.73 Å². The molecule has 0 aromatic heterocycles. The van der Waals surface area contributed by atoms with Crippen molar-refractivity contribution in [1.82, 2.24) is 0 Å². The number of halogens is 2. The molecule has 1 aromatic carbocycles. The molecule has 0 heterocycles. The van der Waals surface area contributed by atoms with Gasteiger partial charge in [-0.2, -0.15) is 0 Å². The summed E-state index contributed by atoms with van der Waals surface area (Å²) in [6, 6.07) is 3.62. The van der Waals surface area contributed by atoms with E-state index in [9.17, 15) is 9.90 Å². The molecule has 15 heavy (non-hydrogen) atoms. The molecular formula is C9H9Br2NO3. The molecule has 0 fully saturated rings. The van der Waals surface area contributed by atoms with Crippen LogP contribution in [0, 0.1) is 0 Å². The lowest BCUT2D eigenvalue weighted by Crippen LogP contribution is -2.36. The number of aliphatic hydroxyl groups excluding tert-OH is 1. The lowest BCUT2D eigenvalue weighted by molar-refractivity contribution is -0.141. The fourth-order valence-corrected chi connectivity index (χ4v) is 1.68. The normalized spacial score (nSPS) is 14.7. The van der Waals surface area contributed by atoms with E-state index in [1.807, 2.05) is 0 Å². The highest BCUT2D eigenvalue weighted by Gasteiger charge is 2.23. The molecule has 0 saturated carbocycles. The number of aliphatic hydroxyl groups is 1. The maximum absolute atomic E-state index is 10.6. The third-order valence-electron chi connectivity index (χ3n) is 1.91. The zero-order valence-electron chi connectivity index (χ0n) is 7.52. The molecule has 0 bridgehead atoms. The van der Waals surface area contributed by atoms with Crippen LogP contribution in [-0.4, -0.2) is 22.2 Å². The van der Waals surface area contributed by atoms with Gasteiger partial charge in [0, 0.05) is 8.95 Å². The summed E-state index contributed by atoms with van der Waals surface area (Å²) >= 11 is 6.52. The number of hydrogen-bond acceptors (Lipinski definition) is 3. The van der Waals surface area contributed by atoms with E-state index in [1.54, 1.807) is 18.2 Å². The zero-order valence-corrected chi connectivity index (χ0v) is 10.7. The Hall–Kier alpha value is -0.430. The average Bonchev–Trinajstić information content (AvgIpc) is 2.19. The lowest BCUT2D eigenvalue weighted by Gasteiger charge is -2.15. The second-order valence-corrected chi connectivity index (χ2v) is 4.69. The monoisotopic (exact) mass is 337 g/mol. The van der Waals surface area contributed by atoms with Gasteiger partial charge in [0.1, 0.15) is 12.1 Å². The van der Waals surface area contributed by atoms with Crippen molar-refractivity contribution in [3.05, 3.63) is 32.7 Å². The van der Waals surface area contributed by atoms with E-state index in [-0.39, 0.29) is 0 Å². The van der Waals surface area contributed by atoms with Crippen LogP contribution in [0.1, 0.15) is 11.7 Å². The minimum atomic E-state index is -1.32. The summed E-state index contributed by atoms with van der Waals surface area (Å²) < 4.78 is 1.55. The summed E-state index contributed by atoms with van der Waals surface area (Å²) in [5.41, 5.74) is 5.76. The van der Waals surface area contributed by atoms with Gasteiger partial charge in [0.15, 0.2) is 0 Å². The van der Waals surface area contributed by atoms with Crippen LogP contribution < -0.4 is 5.73 Å². The first-order valence-electron chi connectivity index (χ1n) is 4.05. The third kappa shape index (κ3) is 3.01. The first-order valence-corrected chi connectivity index (χ1v) is 5.63. The van der Waals surface area contributed by atoms with Gasteiger partial charge in [0.25, 0.3) is 0 Å². The molecule has 0 amide bonds. The maximum atomic E-state index is 10.6. The fraction of sp³-hybridized carbons (Fsp3) is 0.222. The number of hydrogen-bond donors (Lipinski definition) is 3. The zero-order chi connectivity index (χ0) is 11.6. The van der Waals surface area contributed by atoms with Crippen LogP contribution >= 0.6 is 31.9 Å². The second kappa shape index (κ2) is 5.07. The predicted molar refractivity (Wildman–Crippen MR) is 62.4 cm³/mol. The van der Waals surface area contributed by atoms with Gasteiger partial charge in [0.2, 0.25) is 0 Å². The summed E-state index contributed by atoms with van der Waals surface area (Å²) in [5.74, 6) is -1.23. The van der Waals surface area contributed by atoms with Crippen LogP contribution in [-0.2, 0) is 4.79 Å². The van der Waals surface area contributed by atoms with Crippen LogP contribution in [0.15, 0.2) is 27.1 Å². The van der Waals surface area contributed by atoms with Crippen LogP contribution in [0.25, 0.3) is 0 Å². The van der Waals surface area contributed by atoms with Gasteiger partial charge in [-0.1, -0.05) is 6.07 Å². The largest absolute Gasteiger partial charge is 0.480 e. The highest BCUT2D eigenvalue weighted by molar-refractivity contribution is 9.13. The van der Waals surface area contributed by atoms with Crippen molar-refractivity contribution in [3.63, 3.8) is 0 Å². The Kier molecular flexibility index (Phi) is 4.27. The summed E-state index contributed by atoms with van der Waals surface area (Å²) in [7, 11) is 0. The van der Waals surface area contributed by atoms with Gasteiger partial charge in [-0.25, -0.2) is 0 Å². The quantitative estimate of drug-likeness (QED) is 0.782. The topological polar surface area (TPSA) is 83.6 Å². The number of benzene rings is 1. The predicted octanol–water partition coefficient (Wildman–Crippen LogP) is 1.66. The second-order valence-electron chi connectivity index (χ2n) is 2.98. The molecule has 2 unspecified atom stereocenters. The first-order chi connectivity index (χ1) is 6.93. The Morgan fingerprint density at radius 1 is 1.33 bits per heavy atom. The van der Waals surface area contributed by atoms with Crippen LogP contribution in [0.3, 0.4) is 0 Å². The Balaban J connectivity index is 2.96. The van der Waals surface area contributed by atoms with E-state index >= 15 is 0 Å². The summed E-state index contributed by atoms with van der Waals surface area (Å²) in [5, 5.41) is 18.3. The van der Waals surface area contributed by atoms with Crippen LogP contribution in [0.2, 0.25) is 0 Å². The number of aliphatic carboxylic acids is 1. The van der Waals surface area contributed by atoms with Crippen molar-refractivity contribution in [2.75, 3.05) is 0 Å². The molecule has 0 aliphatic carbocycles. The van der Waals surface area contributed by atoms with E-state index in [4.69, 9.17) is 10.8 Å². The van der Waals surface area contributed by atoms with E-state index in [1.165, 1.54) is 0 Å². The lowest BCUT2D eigenvalue weighted by atomic mass is 10.0. The summed E-state index contributed by atoms with van der Waals surface area (Å²) in [6.45, 7) is 0. The van der Waals surface area contributed by atoms with E-state index in [0.29, 0.717) is 5.56 Å². The highest BCUT2D eigenvalue weighted by Crippen LogP contribution is 2.27. The van der Waals surface area contributed by atoms with Crippen molar-refractivity contribution in [1.29, 1.82) is 0 Å². The average molecular weight is 339 g/mol. The minimum absolute atomic E-state index is 0.458. The molecule has 0 saturated heterocycles. The van der Waals surface area contributed by atoms with Gasteiger partial charge in [-0.15, -0.1) is 0 Å². The Bertz CT molecular complexity index is 384. The summed E-state index contributed by atoms with van der Waals surface area (Å²) in [4.78, 5) is 10.6. The Morgan fingerprint density at radius 3 is 2.40 bits per heavy atom. The van der Waals surface area contributed by atoms with Gasteiger partial charge in [-0.05, 0) is 49.6 Å². The molecule has 6 heteroatoms. The summed E-state index contributed by atoms with van der Waals surface area (Å²) in [6.07, 6.45) is -1.22. The van der Waals surface area contributed by atoms with Crippen molar-refractivity contribution in [2.45, 2.75) is 12.1 Å². The van der Waals surface area contributed by atoms with Crippen molar-refractivity contribution in [3.8, 4) is 0 Å². The molecule has 0 radical (unpaired) electrons. The van der Waals surface area contributed by atoms with E-state index < -0.39 is 18.1 Å². The Labute approximate surface area is 103 Å². The number of carboxylic acids is 1. The van der Waals surface area contributed by atoms with Gasteiger partial charge in [0.05, 0.1) is 0 Å².